The number of hydrogen-bond acceptors (Lipinski definition) is 18. The summed E-state index contributed by atoms with van der Waals surface area (Å²) < 4.78 is 105. The van der Waals surface area contributed by atoms with E-state index in [1.54, 1.807) is 35.2 Å². The first kappa shape index (κ1) is 85.0. The molecule has 1 unspecified atom stereocenters. The largest absolute Gasteiger partial charge is 0.501 e. The number of unbranched alkanes of at least 4 members (excludes halogenated alkanes) is 4. The molecule has 0 saturated carbocycles. The van der Waals surface area contributed by atoms with Gasteiger partial charge in [0.05, 0.1) is 52.0 Å². The second kappa shape index (κ2) is 37.9. The summed E-state index contributed by atoms with van der Waals surface area (Å²) in [5.41, 5.74) is 1.97. The minimum absolute atomic E-state index is 0.0242. The van der Waals surface area contributed by atoms with Crippen LogP contribution in [0.15, 0.2) is 147 Å². The number of aromatic nitrogens is 1. The molecular weight excluding hydrogens is 1510 g/mol. The molecular formula is C81H104ClF3N10O11S4. The molecule has 21 nitrogen and oxygen atoms in total. The van der Waals surface area contributed by atoms with Gasteiger partial charge in [-0.3, -0.25) is 33.8 Å². The van der Waals surface area contributed by atoms with Crippen LogP contribution in [-0.4, -0.2) is 197 Å². The molecule has 3 saturated heterocycles. The van der Waals surface area contributed by atoms with Gasteiger partial charge in [0.15, 0.2) is 0 Å². The number of rotatable bonds is 33. The SMILES string of the molecule is Cc1ncsc1-c1ccc([C@H](C)NC(=O)[C@@H]2C[C@@H](O)CN2C(=O)[C@@H](NC(=O)CCCCCCCC(=O)N(C)CC2(C)CCC(c3ccc(Cl)cc3)=C(CN3CCN(c4ccc(C(=O)NS(=O)(=O)c5ccc(N[C@@H](CCSc6ccccc6)CCN6CCOCC6)c(S(=O)(=O)C(F)(F)F)c5)cc4)CC3)C2)C(C)(C)C)cc1. The number of likely N-dealkylation sites (tertiary alicyclic amines) is 1. The van der Waals surface area contributed by atoms with Gasteiger partial charge >= 0.3 is 5.51 Å². The maximum absolute atomic E-state index is 14.4. The van der Waals surface area contributed by atoms with E-state index in [1.807, 2.05) is 124 Å². The number of aliphatic hydroxyl groups excluding tert-OH is 1. The summed E-state index contributed by atoms with van der Waals surface area (Å²) in [5.74, 6) is -1.51. The number of nitrogens with zero attached hydrogens (tertiary/aromatic N) is 6. The summed E-state index contributed by atoms with van der Waals surface area (Å²) in [7, 11) is -9.15. The number of halogens is 4. The second-order valence-corrected chi connectivity index (χ2v) is 36.9. The van der Waals surface area contributed by atoms with Crippen molar-refractivity contribution in [2.24, 2.45) is 10.8 Å². The van der Waals surface area contributed by atoms with Crippen molar-refractivity contribution in [3.05, 3.63) is 160 Å². The number of nitrogens with one attached hydrogen (secondary N) is 4. The van der Waals surface area contributed by atoms with Crippen LogP contribution in [0, 0.1) is 17.8 Å². The normalized spacial score (nSPS) is 19.2. The number of aryl methyl sites for hydroxylation is 1. The molecule has 596 valence electrons. The fourth-order valence-corrected chi connectivity index (χ4v) is 18.9. The van der Waals surface area contributed by atoms with Crippen molar-refractivity contribution in [1.29, 1.82) is 0 Å². The van der Waals surface area contributed by atoms with Gasteiger partial charge in [0, 0.05) is 119 Å². The van der Waals surface area contributed by atoms with Crippen molar-refractivity contribution in [3.8, 4) is 10.4 Å². The number of hydrogen-bond donors (Lipinski definition) is 5. The van der Waals surface area contributed by atoms with Crippen LogP contribution in [0.4, 0.5) is 24.5 Å². The predicted molar refractivity (Wildman–Crippen MR) is 427 cm³/mol. The molecule has 5 amide bonds. The van der Waals surface area contributed by atoms with Crippen LogP contribution in [0.1, 0.15) is 151 Å². The van der Waals surface area contributed by atoms with E-state index >= 15 is 0 Å². The number of carbonyl (C=O) groups excluding carboxylic acids is 5. The van der Waals surface area contributed by atoms with Crippen LogP contribution in [0.2, 0.25) is 5.02 Å². The number of β-amino-alcohol motifs (C(OH)–C–C–N with tert-alkyl or cyclic N) is 1. The molecule has 6 atom stereocenters. The Kier molecular flexibility index (Phi) is 29.3. The molecule has 110 heavy (non-hydrogen) atoms. The molecule has 0 bridgehead atoms. The van der Waals surface area contributed by atoms with Gasteiger partial charge in [0.1, 0.15) is 17.0 Å². The van der Waals surface area contributed by atoms with Gasteiger partial charge in [0.25, 0.3) is 25.8 Å². The van der Waals surface area contributed by atoms with Crippen LogP contribution < -0.4 is 25.6 Å². The zero-order valence-corrected chi connectivity index (χ0v) is 67.8. The quantitative estimate of drug-likeness (QED) is 0.0189. The first-order chi connectivity index (χ1) is 52.2. The van der Waals surface area contributed by atoms with Crippen molar-refractivity contribution >= 4 is 101 Å². The number of sulfone groups is 1. The molecule has 4 aliphatic rings. The number of benzene rings is 5. The Morgan fingerprint density at radius 1 is 0.809 bits per heavy atom. The maximum Gasteiger partial charge on any atom is 0.501 e. The van der Waals surface area contributed by atoms with Crippen molar-refractivity contribution < 1.29 is 63.8 Å². The summed E-state index contributed by atoms with van der Waals surface area (Å²) in [6.07, 6.45) is 6.78. The lowest BCUT2D eigenvalue weighted by atomic mass is 9.71. The van der Waals surface area contributed by atoms with E-state index in [0.717, 1.165) is 88.5 Å². The molecule has 0 radical (unpaired) electrons. The lowest BCUT2D eigenvalue weighted by Gasteiger charge is -2.42. The molecule has 4 heterocycles. The lowest BCUT2D eigenvalue weighted by molar-refractivity contribution is -0.144. The van der Waals surface area contributed by atoms with E-state index in [2.05, 4.69) is 54.7 Å². The highest BCUT2D eigenvalue weighted by Crippen LogP contribution is 2.45. The first-order valence-corrected chi connectivity index (χ1v) is 43.1. The van der Waals surface area contributed by atoms with Crippen molar-refractivity contribution in [2.75, 3.05) is 102 Å². The van der Waals surface area contributed by atoms with E-state index < -0.39 is 82.3 Å². The van der Waals surface area contributed by atoms with Gasteiger partial charge < -0.3 is 40.5 Å². The lowest BCUT2D eigenvalue weighted by Crippen LogP contribution is -2.57. The highest BCUT2D eigenvalue weighted by atomic mass is 35.5. The predicted octanol–water partition coefficient (Wildman–Crippen LogP) is 13.2. The Morgan fingerprint density at radius 3 is 2.13 bits per heavy atom. The summed E-state index contributed by atoms with van der Waals surface area (Å²) in [6, 6.07) is 31.4. The molecule has 1 aliphatic carbocycles. The molecule has 10 rings (SSSR count). The van der Waals surface area contributed by atoms with Gasteiger partial charge in [-0.1, -0.05) is 119 Å². The summed E-state index contributed by atoms with van der Waals surface area (Å²) in [5, 5.41) is 20.5. The number of sulfonamides is 1. The third kappa shape index (κ3) is 22.9. The monoisotopic (exact) mass is 1610 g/mol. The minimum Gasteiger partial charge on any atom is -0.391 e. The fourth-order valence-electron chi connectivity index (χ4n) is 14.9. The minimum atomic E-state index is -6.11. The number of aliphatic hydroxyl groups is 1. The van der Waals surface area contributed by atoms with Gasteiger partial charge in [-0.2, -0.15) is 13.2 Å². The highest BCUT2D eigenvalue weighted by Gasteiger charge is 2.49. The highest BCUT2D eigenvalue weighted by molar-refractivity contribution is 7.99. The third-order valence-corrected chi connectivity index (χ3v) is 26.4. The van der Waals surface area contributed by atoms with E-state index in [-0.39, 0.29) is 54.1 Å². The number of ether oxygens (including phenoxy) is 1. The van der Waals surface area contributed by atoms with Crippen LogP contribution in [0.3, 0.4) is 0 Å². The topological polar surface area (TPSA) is 260 Å². The van der Waals surface area contributed by atoms with Crippen molar-refractivity contribution in [2.45, 2.75) is 175 Å². The second-order valence-electron chi connectivity index (χ2n) is 30.9. The van der Waals surface area contributed by atoms with Crippen molar-refractivity contribution in [3.63, 3.8) is 0 Å². The number of amides is 5. The van der Waals surface area contributed by atoms with Crippen molar-refractivity contribution in [1.82, 2.24) is 39.9 Å². The number of thiazole rings is 1. The third-order valence-electron chi connectivity index (χ3n) is 21.2. The van der Waals surface area contributed by atoms with E-state index in [0.29, 0.717) is 121 Å². The average molecular weight is 1610 g/mol. The van der Waals surface area contributed by atoms with E-state index in [9.17, 15) is 59.1 Å². The molecule has 0 spiro atoms. The van der Waals surface area contributed by atoms with E-state index in [4.69, 9.17) is 16.3 Å². The zero-order valence-electron chi connectivity index (χ0n) is 63.8. The molecule has 5 aromatic carbocycles. The van der Waals surface area contributed by atoms with Crippen LogP contribution >= 0.6 is 34.7 Å². The van der Waals surface area contributed by atoms with Gasteiger partial charge in [-0.25, -0.2) is 26.5 Å². The number of alkyl halides is 3. The molecule has 6 aromatic rings. The number of piperazine rings is 1. The Labute approximate surface area is 658 Å². The van der Waals surface area contributed by atoms with Gasteiger partial charge in [-0.05, 0) is 164 Å². The molecule has 29 heteroatoms. The molecule has 5 N–H and O–H groups in total. The van der Waals surface area contributed by atoms with Gasteiger partial charge in [0.2, 0.25) is 23.6 Å². The summed E-state index contributed by atoms with van der Waals surface area (Å²) in [6.45, 7) is 18.5. The summed E-state index contributed by atoms with van der Waals surface area (Å²) >= 11 is 9.48. The number of carbonyl (C=O) groups is 5. The van der Waals surface area contributed by atoms with Crippen LogP contribution in [-0.2, 0) is 43.8 Å². The fraction of sp³-hybridized carbons (Fsp3) is 0.506. The molecule has 3 aliphatic heterocycles. The average Bonchev–Trinajstić information content (AvgIpc) is 0.929. The van der Waals surface area contributed by atoms with Gasteiger partial charge in [-0.15, -0.1) is 23.1 Å². The number of anilines is 2. The zero-order chi connectivity index (χ0) is 79.1. The Bertz CT molecular complexity index is 4410. The standard InChI is InChI=1S/C81H104ClF3N10O11S4/c1-55(57-20-22-59(23-21-57)74-56(2)86-54-108-74)87-77(100)70-48-65(96)52-95(70)78(101)75(79(3,4)5)89-72(97)18-14-9-8-10-15-19-73(98)91(7)53-80(6)37-34-68(58-24-28-62(82)29-25-58)61(50-80)51-93-39-41-94(42-40-93)64-30-26-60(27-31-64)76(99)90-110(104,105)67-32-33-69(71(49-67)109(102,103)81(83,84)85)88-63(35-38-92-43-45-106-46-44-92)36-47-107-66-16-12-11-13-17-66/h11-13,16-17,20-33,49,54-55,63,65,70,75,88,96H,8-10,14-15,18-19,34-48,50-53H2,1-7H3,(H,87,100)(H,89,97)(H,90,99)/t55-,63+,65+,70-,75+,80?/m0/s1. The number of thioether (sulfide) groups is 1. The Morgan fingerprint density at radius 2 is 1.47 bits per heavy atom. The number of morpholine rings is 1. The van der Waals surface area contributed by atoms with E-state index in [1.165, 1.54) is 28.2 Å². The number of allylic oxidation sites excluding steroid dienone is 1. The molecule has 1 aromatic heterocycles. The maximum atomic E-state index is 14.4. The Balaban J connectivity index is 0.675. The molecule has 3 fully saturated rings. The smallest absolute Gasteiger partial charge is 0.391 e. The van der Waals surface area contributed by atoms with Crippen LogP contribution in [0.5, 0.6) is 0 Å². The summed E-state index contributed by atoms with van der Waals surface area (Å²) in [4.78, 5) is 83.4. The first-order valence-electron chi connectivity index (χ1n) is 37.9. The Hall–Kier alpha value is -7.41. The van der Waals surface area contributed by atoms with Crippen LogP contribution in [0.25, 0.3) is 16.0 Å².